The lowest BCUT2D eigenvalue weighted by atomic mass is 10.2. The molecule has 2 rings (SSSR count). The Balaban J connectivity index is 2.07. The van der Waals surface area contributed by atoms with Gasteiger partial charge < -0.3 is 10.2 Å². The van der Waals surface area contributed by atoms with Crippen LogP contribution in [0.4, 0.5) is 5.82 Å². The van der Waals surface area contributed by atoms with Crippen LogP contribution in [0.5, 0.6) is 0 Å². The van der Waals surface area contributed by atoms with Gasteiger partial charge in [-0.1, -0.05) is 6.92 Å². The summed E-state index contributed by atoms with van der Waals surface area (Å²) in [5.41, 5.74) is 1.02. The van der Waals surface area contributed by atoms with Crippen molar-refractivity contribution in [1.29, 1.82) is 0 Å². The van der Waals surface area contributed by atoms with Gasteiger partial charge in [0.15, 0.2) is 0 Å². The van der Waals surface area contributed by atoms with Crippen LogP contribution in [0.3, 0.4) is 0 Å². The van der Waals surface area contributed by atoms with Gasteiger partial charge in [0.25, 0.3) is 0 Å². The maximum Gasteiger partial charge on any atom is 0.147 e. The third-order valence-corrected chi connectivity index (χ3v) is 3.30. The van der Waals surface area contributed by atoms with Gasteiger partial charge >= 0.3 is 0 Å². The van der Waals surface area contributed by atoms with E-state index in [0.717, 1.165) is 37.1 Å². The molecule has 0 spiro atoms. The van der Waals surface area contributed by atoms with Crippen LogP contribution in [0.25, 0.3) is 0 Å². The molecule has 4 nitrogen and oxygen atoms in total. The van der Waals surface area contributed by atoms with Gasteiger partial charge in [0.2, 0.25) is 0 Å². The summed E-state index contributed by atoms with van der Waals surface area (Å²) in [5, 5.41) is 3.29. The molecule has 100 valence electrons. The molecule has 0 aliphatic heterocycles. The van der Waals surface area contributed by atoms with Crippen molar-refractivity contribution < 1.29 is 0 Å². The summed E-state index contributed by atoms with van der Waals surface area (Å²) in [5.74, 6) is 1.89. The highest BCUT2D eigenvalue weighted by atomic mass is 15.2. The molecule has 1 N–H and O–H groups in total. The smallest absolute Gasteiger partial charge is 0.147 e. The first-order chi connectivity index (χ1) is 8.70. The van der Waals surface area contributed by atoms with E-state index in [1.165, 1.54) is 12.8 Å². The van der Waals surface area contributed by atoms with Crippen molar-refractivity contribution in [1.82, 2.24) is 15.3 Å². The molecule has 1 fully saturated rings. The van der Waals surface area contributed by atoms with E-state index < -0.39 is 0 Å². The zero-order valence-electron chi connectivity index (χ0n) is 11.7. The molecule has 0 atom stereocenters. The maximum atomic E-state index is 4.71. The molecule has 1 saturated carbocycles. The van der Waals surface area contributed by atoms with Gasteiger partial charge in [-0.25, -0.2) is 4.98 Å². The van der Waals surface area contributed by atoms with Gasteiger partial charge in [-0.05, 0) is 39.2 Å². The molecular weight excluding hydrogens is 224 g/mol. The average molecular weight is 248 g/mol. The fourth-order valence-corrected chi connectivity index (χ4v) is 2.02. The summed E-state index contributed by atoms with van der Waals surface area (Å²) in [6.07, 6.45) is 6.47. The fraction of sp³-hybridized carbons (Fsp3) is 0.714. The van der Waals surface area contributed by atoms with E-state index >= 15 is 0 Å². The highest BCUT2D eigenvalue weighted by Gasteiger charge is 2.26. The molecule has 1 heterocycles. The van der Waals surface area contributed by atoms with Crippen LogP contribution < -0.4 is 10.2 Å². The van der Waals surface area contributed by atoms with E-state index in [1.807, 2.05) is 12.4 Å². The van der Waals surface area contributed by atoms with E-state index in [0.29, 0.717) is 6.04 Å². The predicted octanol–water partition coefficient (Wildman–Crippen LogP) is 2.21. The Labute approximate surface area is 110 Å². The van der Waals surface area contributed by atoms with Crippen molar-refractivity contribution >= 4 is 5.82 Å². The predicted molar refractivity (Wildman–Crippen MR) is 74.6 cm³/mol. The third-order valence-electron chi connectivity index (χ3n) is 3.30. The summed E-state index contributed by atoms with van der Waals surface area (Å²) < 4.78 is 0. The van der Waals surface area contributed by atoms with E-state index in [2.05, 4.69) is 36.0 Å². The highest BCUT2D eigenvalue weighted by molar-refractivity contribution is 5.37. The number of anilines is 1. The molecular formula is C14H24N4. The van der Waals surface area contributed by atoms with Crippen LogP contribution in [-0.2, 0) is 6.54 Å². The standard InChI is InChI=1S/C14H24N4/c1-4-15-7-13-8-16-9-14(17-13)18(11(2)3)10-12-5-6-12/h8-9,11-12,15H,4-7,10H2,1-3H3. The first kappa shape index (κ1) is 13.3. The Hall–Kier alpha value is -1.16. The molecule has 0 aromatic carbocycles. The van der Waals surface area contributed by atoms with Crippen molar-refractivity contribution in [2.24, 2.45) is 5.92 Å². The largest absolute Gasteiger partial charge is 0.353 e. The number of nitrogens with one attached hydrogen (secondary N) is 1. The van der Waals surface area contributed by atoms with Gasteiger partial charge in [0, 0.05) is 25.3 Å². The monoisotopic (exact) mass is 248 g/mol. The Morgan fingerprint density at radius 3 is 2.78 bits per heavy atom. The lowest BCUT2D eigenvalue weighted by Crippen LogP contribution is -2.33. The van der Waals surface area contributed by atoms with Crippen molar-refractivity contribution in [3.8, 4) is 0 Å². The van der Waals surface area contributed by atoms with Gasteiger partial charge in [0.05, 0.1) is 11.9 Å². The van der Waals surface area contributed by atoms with Crippen LogP contribution >= 0.6 is 0 Å². The minimum atomic E-state index is 0.481. The third kappa shape index (κ3) is 3.67. The SMILES string of the molecule is CCNCc1cncc(N(CC2CC2)C(C)C)n1. The molecule has 1 aliphatic rings. The van der Waals surface area contributed by atoms with Crippen molar-refractivity contribution in [2.75, 3.05) is 18.0 Å². The van der Waals surface area contributed by atoms with E-state index in [1.54, 1.807) is 0 Å². The average Bonchev–Trinajstić information content (AvgIpc) is 3.17. The second kappa shape index (κ2) is 6.14. The van der Waals surface area contributed by atoms with Crippen LogP contribution in [0.2, 0.25) is 0 Å². The quantitative estimate of drug-likeness (QED) is 0.803. The number of hydrogen-bond acceptors (Lipinski definition) is 4. The summed E-state index contributed by atoms with van der Waals surface area (Å²) in [7, 11) is 0. The van der Waals surface area contributed by atoms with Crippen LogP contribution in [0.1, 0.15) is 39.3 Å². The number of hydrogen-bond donors (Lipinski definition) is 1. The molecule has 4 heteroatoms. The highest BCUT2D eigenvalue weighted by Crippen LogP contribution is 2.31. The Morgan fingerprint density at radius 2 is 2.17 bits per heavy atom. The Kier molecular flexibility index (Phi) is 4.53. The number of rotatable bonds is 7. The molecule has 0 bridgehead atoms. The summed E-state index contributed by atoms with van der Waals surface area (Å²) in [6.45, 7) is 9.43. The van der Waals surface area contributed by atoms with Gasteiger partial charge in [0.1, 0.15) is 5.82 Å². The second-order valence-corrected chi connectivity index (χ2v) is 5.34. The molecule has 0 saturated heterocycles. The van der Waals surface area contributed by atoms with Crippen molar-refractivity contribution in [2.45, 2.75) is 46.2 Å². The van der Waals surface area contributed by atoms with Gasteiger partial charge in [-0.2, -0.15) is 0 Å². The Morgan fingerprint density at radius 1 is 1.39 bits per heavy atom. The van der Waals surface area contributed by atoms with Gasteiger partial charge in [-0.3, -0.25) is 4.98 Å². The zero-order chi connectivity index (χ0) is 13.0. The zero-order valence-corrected chi connectivity index (χ0v) is 11.7. The summed E-state index contributed by atoms with van der Waals surface area (Å²) >= 11 is 0. The molecule has 0 amide bonds. The van der Waals surface area contributed by atoms with Crippen molar-refractivity contribution in [3.05, 3.63) is 18.1 Å². The lowest BCUT2D eigenvalue weighted by Gasteiger charge is -2.27. The second-order valence-electron chi connectivity index (χ2n) is 5.34. The normalized spacial score (nSPS) is 15.1. The van der Waals surface area contributed by atoms with E-state index in [4.69, 9.17) is 4.98 Å². The lowest BCUT2D eigenvalue weighted by molar-refractivity contribution is 0.629. The van der Waals surface area contributed by atoms with E-state index in [9.17, 15) is 0 Å². The first-order valence-corrected chi connectivity index (χ1v) is 6.99. The first-order valence-electron chi connectivity index (χ1n) is 6.99. The Bertz CT molecular complexity index is 374. The molecule has 1 aliphatic carbocycles. The van der Waals surface area contributed by atoms with Crippen LogP contribution in [0.15, 0.2) is 12.4 Å². The summed E-state index contributed by atoms with van der Waals surface area (Å²) in [4.78, 5) is 11.4. The van der Waals surface area contributed by atoms with Crippen LogP contribution in [-0.4, -0.2) is 29.1 Å². The fourth-order valence-electron chi connectivity index (χ4n) is 2.02. The molecule has 18 heavy (non-hydrogen) atoms. The minimum Gasteiger partial charge on any atom is -0.353 e. The molecule has 1 aromatic heterocycles. The maximum absolute atomic E-state index is 4.71. The van der Waals surface area contributed by atoms with Gasteiger partial charge in [-0.15, -0.1) is 0 Å². The van der Waals surface area contributed by atoms with E-state index in [-0.39, 0.29) is 0 Å². The topological polar surface area (TPSA) is 41.1 Å². The van der Waals surface area contributed by atoms with Crippen LogP contribution in [0, 0.1) is 5.92 Å². The minimum absolute atomic E-state index is 0.481. The summed E-state index contributed by atoms with van der Waals surface area (Å²) in [6, 6.07) is 0.481. The number of nitrogens with zero attached hydrogens (tertiary/aromatic N) is 3. The molecule has 1 aromatic rings. The molecule has 0 radical (unpaired) electrons. The molecule has 0 unspecified atom stereocenters. The number of aromatic nitrogens is 2. The van der Waals surface area contributed by atoms with Crippen molar-refractivity contribution in [3.63, 3.8) is 0 Å².